The van der Waals surface area contributed by atoms with E-state index < -0.39 is 4.92 Å². The van der Waals surface area contributed by atoms with Crippen molar-refractivity contribution in [2.24, 2.45) is 0 Å². The van der Waals surface area contributed by atoms with E-state index in [1.54, 1.807) is 0 Å². The molecule has 8 heteroatoms. The van der Waals surface area contributed by atoms with Gasteiger partial charge in [0.25, 0.3) is 0 Å². The molecule has 0 N–H and O–H groups in total. The van der Waals surface area contributed by atoms with Crippen LogP contribution in [0.2, 0.25) is 0 Å². The summed E-state index contributed by atoms with van der Waals surface area (Å²) in [5.41, 5.74) is -0.0958. The second kappa shape index (κ2) is 8.31. The molecule has 0 aromatic heterocycles. The second-order valence-corrected chi connectivity index (χ2v) is 5.05. The van der Waals surface area contributed by atoms with E-state index in [-0.39, 0.29) is 22.7 Å². The van der Waals surface area contributed by atoms with Crippen molar-refractivity contribution >= 4 is 5.69 Å². The number of benzene rings is 1. The van der Waals surface area contributed by atoms with Crippen LogP contribution in [0.15, 0.2) is 12.1 Å². The summed E-state index contributed by atoms with van der Waals surface area (Å²) < 4.78 is 16.0. The Bertz CT molecular complexity index is 594. The third kappa shape index (κ3) is 4.55. The van der Waals surface area contributed by atoms with Gasteiger partial charge in [-0.25, -0.2) is 0 Å². The van der Waals surface area contributed by atoms with Gasteiger partial charge in [-0.1, -0.05) is 0 Å². The van der Waals surface area contributed by atoms with Crippen molar-refractivity contribution in [3.8, 4) is 17.6 Å². The van der Waals surface area contributed by atoms with E-state index in [9.17, 15) is 10.1 Å². The van der Waals surface area contributed by atoms with E-state index >= 15 is 0 Å². The van der Waals surface area contributed by atoms with Crippen LogP contribution in [0.1, 0.15) is 12.0 Å². The molecule has 8 nitrogen and oxygen atoms in total. The minimum Gasteiger partial charge on any atom is -0.493 e. The predicted molar refractivity (Wildman–Crippen MR) is 81.7 cm³/mol. The number of hydrogen-bond acceptors (Lipinski definition) is 7. The molecule has 0 unspecified atom stereocenters. The summed E-state index contributed by atoms with van der Waals surface area (Å²) in [5, 5.41) is 20.1. The Morgan fingerprint density at radius 3 is 2.78 bits per heavy atom. The van der Waals surface area contributed by atoms with Gasteiger partial charge >= 0.3 is 5.69 Å². The van der Waals surface area contributed by atoms with Crippen molar-refractivity contribution in [1.82, 2.24) is 4.90 Å². The zero-order valence-electron chi connectivity index (χ0n) is 13.0. The third-order valence-electron chi connectivity index (χ3n) is 3.55. The Kier molecular flexibility index (Phi) is 6.14. The number of nitro benzene ring substituents is 1. The quantitative estimate of drug-likeness (QED) is 0.427. The Hall–Kier alpha value is -2.37. The van der Waals surface area contributed by atoms with Gasteiger partial charge in [-0.05, 0) is 6.42 Å². The Labute approximate surface area is 134 Å². The summed E-state index contributed by atoms with van der Waals surface area (Å²) in [4.78, 5) is 12.9. The molecule has 0 saturated carbocycles. The molecular formula is C15H19N3O5. The van der Waals surface area contributed by atoms with Crippen molar-refractivity contribution < 1.29 is 19.1 Å². The maximum Gasteiger partial charge on any atom is 0.316 e. The largest absolute Gasteiger partial charge is 0.493 e. The van der Waals surface area contributed by atoms with Gasteiger partial charge in [0.05, 0.1) is 43.5 Å². The van der Waals surface area contributed by atoms with Gasteiger partial charge in [-0.2, -0.15) is 5.26 Å². The topological polar surface area (TPSA) is 97.9 Å². The Morgan fingerprint density at radius 2 is 2.17 bits per heavy atom. The van der Waals surface area contributed by atoms with Gasteiger partial charge in [-0.3, -0.25) is 15.0 Å². The molecule has 124 valence electrons. The average Bonchev–Trinajstić information content (AvgIpc) is 2.59. The smallest absolute Gasteiger partial charge is 0.316 e. The Morgan fingerprint density at radius 1 is 1.43 bits per heavy atom. The number of morpholine rings is 1. The lowest BCUT2D eigenvalue weighted by atomic mass is 10.2. The summed E-state index contributed by atoms with van der Waals surface area (Å²) in [7, 11) is 1.39. The lowest BCUT2D eigenvalue weighted by Gasteiger charge is -2.26. The monoisotopic (exact) mass is 321 g/mol. The molecule has 0 aliphatic carbocycles. The molecule has 1 heterocycles. The summed E-state index contributed by atoms with van der Waals surface area (Å²) >= 11 is 0. The van der Waals surface area contributed by atoms with Crippen LogP contribution in [0.25, 0.3) is 0 Å². The lowest BCUT2D eigenvalue weighted by molar-refractivity contribution is -0.386. The molecule has 1 saturated heterocycles. The number of nitrogens with zero attached hydrogens (tertiary/aromatic N) is 3. The number of ether oxygens (including phenoxy) is 3. The highest BCUT2D eigenvalue weighted by Crippen LogP contribution is 2.38. The fourth-order valence-electron chi connectivity index (χ4n) is 2.37. The van der Waals surface area contributed by atoms with E-state index in [1.807, 2.05) is 6.07 Å². The lowest BCUT2D eigenvalue weighted by Crippen LogP contribution is -2.37. The van der Waals surface area contributed by atoms with Crippen molar-refractivity contribution in [1.29, 1.82) is 5.26 Å². The summed E-state index contributed by atoms with van der Waals surface area (Å²) in [6.07, 6.45) is 0.736. The standard InChI is InChI=1S/C15H19N3O5/c1-21-14-10-12(11-16)9-13(18(19)20)15(14)23-6-2-3-17-4-7-22-8-5-17/h9-10H,2-8H2,1H3. The van der Waals surface area contributed by atoms with E-state index in [0.29, 0.717) is 6.61 Å². The Balaban J connectivity index is 2.00. The van der Waals surface area contributed by atoms with Gasteiger partial charge in [-0.15, -0.1) is 0 Å². The number of hydrogen-bond donors (Lipinski definition) is 0. The minimum absolute atomic E-state index is 0.0680. The van der Waals surface area contributed by atoms with Gasteiger partial charge in [0, 0.05) is 31.8 Å². The maximum absolute atomic E-state index is 11.2. The normalized spacial score (nSPS) is 15.0. The first-order chi connectivity index (χ1) is 11.2. The molecule has 0 spiro atoms. The zero-order valence-corrected chi connectivity index (χ0v) is 13.0. The van der Waals surface area contributed by atoms with Gasteiger partial charge in [0.15, 0.2) is 5.75 Å². The molecule has 1 aromatic carbocycles. The van der Waals surface area contributed by atoms with Gasteiger partial charge < -0.3 is 14.2 Å². The first kappa shape index (κ1) is 17.0. The van der Waals surface area contributed by atoms with Crippen LogP contribution < -0.4 is 9.47 Å². The number of methoxy groups -OCH3 is 1. The van der Waals surface area contributed by atoms with Crippen LogP contribution in [0, 0.1) is 21.4 Å². The first-order valence-electron chi connectivity index (χ1n) is 7.35. The summed E-state index contributed by atoms with van der Waals surface area (Å²) in [6, 6.07) is 4.51. The second-order valence-electron chi connectivity index (χ2n) is 5.05. The number of rotatable bonds is 7. The van der Waals surface area contributed by atoms with E-state index in [1.165, 1.54) is 19.2 Å². The number of nitriles is 1. The van der Waals surface area contributed by atoms with E-state index in [4.69, 9.17) is 19.5 Å². The van der Waals surface area contributed by atoms with Crippen molar-refractivity contribution in [2.45, 2.75) is 6.42 Å². The maximum atomic E-state index is 11.2. The van der Waals surface area contributed by atoms with Crippen LogP contribution in [-0.4, -0.2) is 56.4 Å². The fourth-order valence-corrected chi connectivity index (χ4v) is 2.37. The molecule has 2 rings (SSSR count). The van der Waals surface area contributed by atoms with E-state index in [2.05, 4.69) is 4.90 Å². The average molecular weight is 321 g/mol. The highest BCUT2D eigenvalue weighted by atomic mass is 16.6. The van der Waals surface area contributed by atoms with Gasteiger partial charge in [0.2, 0.25) is 5.75 Å². The summed E-state index contributed by atoms with van der Waals surface area (Å²) in [5.74, 6) is 0.264. The minimum atomic E-state index is -0.569. The SMILES string of the molecule is COc1cc(C#N)cc([N+](=O)[O-])c1OCCCN1CCOCC1. The molecule has 0 bridgehead atoms. The molecule has 1 aliphatic heterocycles. The predicted octanol–water partition coefficient (Wildman–Crippen LogP) is 1.58. The number of nitro groups is 1. The van der Waals surface area contributed by atoms with Gasteiger partial charge in [0.1, 0.15) is 0 Å². The molecule has 0 amide bonds. The summed E-state index contributed by atoms with van der Waals surface area (Å²) in [6.45, 7) is 4.42. The highest BCUT2D eigenvalue weighted by molar-refractivity contribution is 5.60. The van der Waals surface area contributed by atoms with Crippen molar-refractivity contribution in [3.05, 3.63) is 27.8 Å². The molecule has 1 aliphatic rings. The van der Waals surface area contributed by atoms with Crippen LogP contribution in [0.5, 0.6) is 11.5 Å². The van der Waals surface area contributed by atoms with Crippen LogP contribution in [-0.2, 0) is 4.74 Å². The molecule has 1 fully saturated rings. The van der Waals surface area contributed by atoms with Crippen LogP contribution in [0.4, 0.5) is 5.69 Å². The molecule has 0 radical (unpaired) electrons. The van der Waals surface area contributed by atoms with Crippen LogP contribution in [0.3, 0.4) is 0 Å². The first-order valence-corrected chi connectivity index (χ1v) is 7.35. The molecule has 1 aromatic rings. The fraction of sp³-hybridized carbons (Fsp3) is 0.533. The highest BCUT2D eigenvalue weighted by Gasteiger charge is 2.22. The third-order valence-corrected chi connectivity index (χ3v) is 3.55. The van der Waals surface area contributed by atoms with E-state index in [0.717, 1.165) is 39.3 Å². The van der Waals surface area contributed by atoms with Crippen LogP contribution >= 0.6 is 0 Å². The molecular weight excluding hydrogens is 302 g/mol. The van der Waals surface area contributed by atoms with Crippen molar-refractivity contribution in [2.75, 3.05) is 46.6 Å². The molecule has 23 heavy (non-hydrogen) atoms. The zero-order chi connectivity index (χ0) is 16.7. The molecule has 0 atom stereocenters. The van der Waals surface area contributed by atoms with Crippen molar-refractivity contribution in [3.63, 3.8) is 0 Å².